The molecule has 0 radical (unpaired) electrons. The number of nitrogens with zero attached hydrogens (tertiary/aromatic N) is 3. The third-order valence-electron chi connectivity index (χ3n) is 5.37. The Morgan fingerprint density at radius 3 is 2.48 bits per heavy atom. The molecule has 0 bridgehead atoms. The van der Waals surface area contributed by atoms with Crippen molar-refractivity contribution in [3.63, 3.8) is 0 Å². The van der Waals surface area contributed by atoms with E-state index in [4.69, 9.17) is 16.3 Å². The lowest BCUT2D eigenvalue weighted by atomic mass is 10.0. The third kappa shape index (κ3) is 5.97. The largest absolute Gasteiger partial charge is 0.465 e. The van der Waals surface area contributed by atoms with Crippen molar-refractivity contribution in [1.29, 1.82) is 0 Å². The molecule has 1 amide bonds. The van der Waals surface area contributed by atoms with E-state index in [0.717, 1.165) is 17.4 Å². The van der Waals surface area contributed by atoms with Crippen LogP contribution in [0, 0.1) is 10.1 Å². The van der Waals surface area contributed by atoms with Gasteiger partial charge in [0, 0.05) is 47.5 Å². The van der Waals surface area contributed by atoms with Crippen LogP contribution in [0.1, 0.15) is 31.1 Å². The van der Waals surface area contributed by atoms with Gasteiger partial charge in [-0.15, -0.1) is 11.8 Å². The van der Waals surface area contributed by atoms with Crippen LogP contribution in [-0.2, 0) is 9.53 Å². The summed E-state index contributed by atoms with van der Waals surface area (Å²) in [7, 11) is 0. The van der Waals surface area contributed by atoms with Crippen LogP contribution in [-0.4, -0.2) is 59.2 Å². The summed E-state index contributed by atoms with van der Waals surface area (Å²) in [5, 5.41) is 12.3. The molecule has 0 saturated carbocycles. The number of anilines is 1. The van der Waals surface area contributed by atoms with Gasteiger partial charge in [0.1, 0.15) is 0 Å². The predicted octanol–water partition coefficient (Wildman–Crippen LogP) is 4.64. The minimum Gasteiger partial charge on any atom is -0.465 e. The van der Waals surface area contributed by atoms with Crippen LogP contribution in [0.2, 0.25) is 5.02 Å². The molecule has 33 heavy (non-hydrogen) atoms. The maximum atomic E-state index is 13.2. The lowest BCUT2D eigenvalue weighted by Crippen LogP contribution is -2.58. The summed E-state index contributed by atoms with van der Waals surface area (Å²) >= 11 is 7.17. The molecule has 0 aromatic heterocycles. The van der Waals surface area contributed by atoms with Crippen LogP contribution in [0.4, 0.5) is 11.4 Å². The zero-order valence-corrected chi connectivity index (χ0v) is 20.3. The second kappa shape index (κ2) is 10.9. The molecule has 1 fully saturated rings. The number of esters is 1. The van der Waals surface area contributed by atoms with Crippen molar-refractivity contribution in [2.75, 3.05) is 30.3 Å². The van der Waals surface area contributed by atoms with E-state index in [9.17, 15) is 19.7 Å². The molecule has 1 saturated heterocycles. The molecular formula is C23H26ClN3O5S. The summed E-state index contributed by atoms with van der Waals surface area (Å²) in [5.41, 5.74) is 1.04. The topological polar surface area (TPSA) is 93.0 Å². The monoisotopic (exact) mass is 491 g/mol. The van der Waals surface area contributed by atoms with Crippen LogP contribution in [0.15, 0.2) is 47.4 Å². The maximum absolute atomic E-state index is 13.2. The first-order chi connectivity index (χ1) is 15.7. The maximum Gasteiger partial charge on any atom is 0.316 e. The highest BCUT2D eigenvalue weighted by atomic mass is 35.5. The molecule has 0 N–H and O–H groups in total. The van der Waals surface area contributed by atoms with Crippen LogP contribution in [0.5, 0.6) is 0 Å². The van der Waals surface area contributed by atoms with E-state index in [1.54, 1.807) is 17.9 Å². The standard InChI is InChI=1S/C23H26ClN3O5S/c1-4-32-22(28)14-33-21-9-8-17(10-20(21)27(30)31)23(29)25-12-15(2)26(16(3)13-25)19-7-5-6-18(24)11-19/h5-11,15-16H,4,12-14H2,1-3H3. The Bertz CT molecular complexity index is 1040. The van der Waals surface area contributed by atoms with Crippen LogP contribution >= 0.6 is 23.4 Å². The normalized spacial score (nSPS) is 18.2. The van der Waals surface area contributed by atoms with Crippen molar-refractivity contribution in [2.24, 2.45) is 0 Å². The molecule has 2 atom stereocenters. The Balaban J connectivity index is 1.76. The van der Waals surface area contributed by atoms with Gasteiger partial charge in [-0.05, 0) is 51.1 Å². The van der Waals surface area contributed by atoms with Gasteiger partial charge in [-0.25, -0.2) is 0 Å². The van der Waals surface area contributed by atoms with Gasteiger partial charge in [0.2, 0.25) is 0 Å². The Morgan fingerprint density at radius 1 is 1.18 bits per heavy atom. The lowest BCUT2D eigenvalue weighted by molar-refractivity contribution is -0.387. The first kappa shape index (κ1) is 24.9. The average molecular weight is 492 g/mol. The molecule has 1 aliphatic heterocycles. The SMILES string of the molecule is CCOC(=O)CSc1ccc(C(=O)N2CC(C)N(c3cccc(Cl)c3)C(C)C2)cc1[N+](=O)[O-]. The second-order valence-corrected chi connectivity index (χ2v) is 9.28. The molecule has 3 rings (SSSR count). The van der Waals surface area contributed by atoms with E-state index in [-0.39, 0.29) is 41.6 Å². The number of halogens is 1. The summed E-state index contributed by atoms with van der Waals surface area (Å²) in [6, 6.07) is 12.1. The van der Waals surface area contributed by atoms with E-state index in [2.05, 4.69) is 4.90 Å². The van der Waals surface area contributed by atoms with Crippen LogP contribution in [0.25, 0.3) is 0 Å². The predicted molar refractivity (Wildman–Crippen MR) is 129 cm³/mol. The number of amides is 1. The molecule has 10 heteroatoms. The number of thioether (sulfide) groups is 1. The van der Waals surface area contributed by atoms with Crippen LogP contribution in [0.3, 0.4) is 0 Å². The number of rotatable bonds is 7. The average Bonchev–Trinajstić information content (AvgIpc) is 2.76. The molecule has 1 heterocycles. The van der Waals surface area contributed by atoms with Gasteiger partial charge < -0.3 is 14.5 Å². The minimum atomic E-state index is -0.535. The Hall–Kier alpha value is -2.78. The van der Waals surface area contributed by atoms with E-state index < -0.39 is 10.9 Å². The van der Waals surface area contributed by atoms with Gasteiger partial charge in [-0.1, -0.05) is 17.7 Å². The zero-order valence-electron chi connectivity index (χ0n) is 18.7. The van der Waals surface area contributed by atoms with Gasteiger partial charge in [0.25, 0.3) is 11.6 Å². The fourth-order valence-electron chi connectivity index (χ4n) is 4.07. The summed E-state index contributed by atoms with van der Waals surface area (Å²) in [4.78, 5) is 40.2. The number of hydrogen-bond acceptors (Lipinski definition) is 7. The lowest BCUT2D eigenvalue weighted by Gasteiger charge is -2.46. The number of ether oxygens (including phenoxy) is 1. The van der Waals surface area contributed by atoms with Crippen molar-refractivity contribution in [3.05, 3.63) is 63.2 Å². The van der Waals surface area contributed by atoms with Gasteiger partial charge in [-0.3, -0.25) is 19.7 Å². The quantitative estimate of drug-likeness (QED) is 0.241. The summed E-state index contributed by atoms with van der Waals surface area (Å²) in [6.07, 6.45) is 0. The molecule has 0 spiro atoms. The summed E-state index contributed by atoms with van der Waals surface area (Å²) in [6.45, 7) is 6.97. The highest BCUT2D eigenvalue weighted by molar-refractivity contribution is 8.00. The molecular weight excluding hydrogens is 466 g/mol. The summed E-state index contributed by atoms with van der Waals surface area (Å²) < 4.78 is 4.87. The Morgan fingerprint density at radius 2 is 1.88 bits per heavy atom. The van der Waals surface area contributed by atoms with Gasteiger partial charge in [0.05, 0.1) is 22.2 Å². The number of piperazine rings is 1. The zero-order chi connectivity index (χ0) is 24.1. The molecule has 1 aliphatic rings. The third-order valence-corrected chi connectivity index (χ3v) is 6.64. The van der Waals surface area contributed by atoms with E-state index >= 15 is 0 Å². The Kier molecular flexibility index (Phi) is 8.20. The number of carbonyl (C=O) groups excluding carboxylic acids is 2. The number of nitro groups is 1. The summed E-state index contributed by atoms with van der Waals surface area (Å²) in [5.74, 6) is -0.746. The van der Waals surface area contributed by atoms with Crippen molar-refractivity contribution < 1.29 is 19.2 Å². The Labute approximate surface area is 202 Å². The molecule has 0 aliphatic carbocycles. The molecule has 176 valence electrons. The van der Waals surface area contributed by atoms with Crippen LogP contribution < -0.4 is 4.90 Å². The highest BCUT2D eigenvalue weighted by Gasteiger charge is 2.33. The first-order valence-corrected chi connectivity index (χ1v) is 12.0. The van der Waals surface area contributed by atoms with E-state index in [1.165, 1.54) is 12.1 Å². The fraction of sp³-hybridized carbons (Fsp3) is 0.391. The van der Waals surface area contributed by atoms with Crippen molar-refractivity contribution in [1.82, 2.24) is 4.90 Å². The number of nitro benzene ring substituents is 1. The van der Waals surface area contributed by atoms with Crippen molar-refractivity contribution in [2.45, 2.75) is 37.8 Å². The van der Waals surface area contributed by atoms with E-state index in [0.29, 0.717) is 23.0 Å². The van der Waals surface area contributed by atoms with Crippen molar-refractivity contribution in [3.8, 4) is 0 Å². The molecule has 2 aromatic carbocycles. The number of hydrogen-bond donors (Lipinski definition) is 0. The number of carbonyl (C=O) groups is 2. The molecule has 2 unspecified atom stereocenters. The number of benzene rings is 2. The van der Waals surface area contributed by atoms with Gasteiger partial charge >= 0.3 is 5.97 Å². The smallest absolute Gasteiger partial charge is 0.316 e. The molecule has 2 aromatic rings. The van der Waals surface area contributed by atoms with Gasteiger partial charge in [0.15, 0.2) is 0 Å². The highest BCUT2D eigenvalue weighted by Crippen LogP contribution is 2.32. The van der Waals surface area contributed by atoms with E-state index in [1.807, 2.05) is 38.1 Å². The fourth-order valence-corrected chi connectivity index (χ4v) is 5.06. The minimum absolute atomic E-state index is 0.0329. The van der Waals surface area contributed by atoms with Gasteiger partial charge in [-0.2, -0.15) is 0 Å². The first-order valence-electron chi connectivity index (χ1n) is 10.6. The van der Waals surface area contributed by atoms with Crippen molar-refractivity contribution >= 4 is 46.6 Å². The molecule has 8 nitrogen and oxygen atoms in total. The second-order valence-electron chi connectivity index (χ2n) is 7.83.